The van der Waals surface area contributed by atoms with Gasteiger partial charge >= 0.3 is 5.97 Å². The van der Waals surface area contributed by atoms with E-state index in [0.29, 0.717) is 10.5 Å². The van der Waals surface area contributed by atoms with Gasteiger partial charge in [-0.25, -0.2) is 4.98 Å². The molecule has 4 nitrogen and oxygen atoms in total. The van der Waals surface area contributed by atoms with E-state index in [2.05, 4.69) is 9.97 Å². The summed E-state index contributed by atoms with van der Waals surface area (Å²) in [6.45, 7) is 0. The fraction of sp³-hybridized carbons (Fsp3) is 0.286. The lowest BCUT2D eigenvalue weighted by molar-refractivity contribution is -0.136. The maximum absolute atomic E-state index is 10.4. The Balaban J connectivity index is 3.01. The van der Waals surface area contributed by atoms with Gasteiger partial charge in [0.1, 0.15) is 5.03 Å². The Morgan fingerprint density at radius 2 is 2.54 bits per heavy atom. The third-order valence-electron chi connectivity index (χ3n) is 1.33. The number of H-pyrrole nitrogens is 1. The molecular weight excluding hydrogens is 208 g/mol. The number of carboxylic acids is 1. The molecule has 0 aromatic carbocycles. The van der Waals surface area contributed by atoms with Crippen LogP contribution in [0.1, 0.15) is 5.69 Å². The standard InChI is InChI=1S/C7H8N2O2S2/c1-13-5-2-4(3-6(10)11)8-7(12)9-5/h2H,3H2,1H3,(H,10,11)(H,8,9,12). The highest BCUT2D eigenvalue weighted by atomic mass is 32.2. The summed E-state index contributed by atoms with van der Waals surface area (Å²) in [5.41, 5.74) is 0.580. The lowest BCUT2D eigenvalue weighted by Gasteiger charge is -1.99. The van der Waals surface area contributed by atoms with Crippen LogP contribution in [0.15, 0.2) is 11.1 Å². The van der Waals surface area contributed by atoms with Gasteiger partial charge in [0.2, 0.25) is 0 Å². The van der Waals surface area contributed by atoms with E-state index in [9.17, 15) is 4.79 Å². The summed E-state index contributed by atoms with van der Waals surface area (Å²) >= 11 is 6.27. The van der Waals surface area contributed by atoms with Crippen LogP contribution in [0.3, 0.4) is 0 Å². The second kappa shape index (κ2) is 4.38. The van der Waals surface area contributed by atoms with Crippen LogP contribution < -0.4 is 0 Å². The normalized spacial score (nSPS) is 9.92. The van der Waals surface area contributed by atoms with E-state index >= 15 is 0 Å². The van der Waals surface area contributed by atoms with Crippen LogP contribution in [-0.4, -0.2) is 27.3 Å². The molecule has 1 aromatic rings. The highest BCUT2D eigenvalue weighted by molar-refractivity contribution is 7.98. The Kier molecular flexibility index (Phi) is 3.44. The predicted molar refractivity (Wildman–Crippen MR) is 52.5 cm³/mol. The molecule has 0 aliphatic carbocycles. The molecule has 13 heavy (non-hydrogen) atoms. The van der Waals surface area contributed by atoms with Crippen LogP contribution in [0.25, 0.3) is 0 Å². The van der Waals surface area contributed by atoms with Crippen molar-refractivity contribution >= 4 is 29.9 Å². The number of hydrogen-bond acceptors (Lipinski definition) is 4. The van der Waals surface area contributed by atoms with E-state index in [-0.39, 0.29) is 6.42 Å². The number of carbonyl (C=O) groups is 1. The van der Waals surface area contributed by atoms with E-state index in [4.69, 9.17) is 17.3 Å². The van der Waals surface area contributed by atoms with Gasteiger partial charge in [0, 0.05) is 5.69 Å². The second-order valence-corrected chi connectivity index (χ2v) is 3.54. The average molecular weight is 216 g/mol. The summed E-state index contributed by atoms with van der Waals surface area (Å²) in [6, 6.07) is 1.69. The van der Waals surface area contributed by atoms with Crippen molar-refractivity contribution in [3.05, 3.63) is 16.5 Å². The van der Waals surface area contributed by atoms with Crippen molar-refractivity contribution in [1.82, 2.24) is 9.97 Å². The first-order chi connectivity index (χ1) is 6.11. The number of rotatable bonds is 3. The number of nitrogens with zero attached hydrogens (tertiary/aromatic N) is 1. The summed E-state index contributed by atoms with van der Waals surface area (Å²) < 4.78 is 0.322. The highest BCUT2D eigenvalue weighted by Gasteiger charge is 2.02. The molecule has 1 aromatic heterocycles. The van der Waals surface area contributed by atoms with Crippen LogP contribution in [0.5, 0.6) is 0 Å². The van der Waals surface area contributed by atoms with Crippen LogP contribution >= 0.6 is 24.0 Å². The molecule has 0 spiro atoms. The fourth-order valence-corrected chi connectivity index (χ4v) is 1.58. The van der Waals surface area contributed by atoms with Crippen molar-refractivity contribution < 1.29 is 9.90 Å². The maximum atomic E-state index is 10.4. The van der Waals surface area contributed by atoms with E-state index in [1.54, 1.807) is 6.07 Å². The van der Waals surface area contributed by atoms with Gasteiger partial charge in [0.15, 0.2) is 4.77 Å². The van der Waals surface area contributed by atoms with Crippen LogP contribution in [0.2, 0.25) is 0 Å². The van der Waals surface area contributed by atoms with Crippen LogP contribution in [-0.2, 0) is 11.2 Å². The molecule has 70 valence electrons. The molecule has 1 rings (SSSR count). The predicted octanol–water partition coefficient (Wildman–Crippen LogP) is 1.49. The van der Waals surface area contributed by atoms with Crippen molar-refractivity contribution in [3.8, 4) is 0 Å². The Labute approximate surface area is 84.4 Å². The Hall–Kier alpha value is -0.880. The molecule has 0 atom stereocenters. The molecule has 0 fully saturated rings. The molecule has 0 saturated heterocycles. The Morgan fingerprint density at radius 3 is 3.08 bits per heavy atom. The van der Waals surface area contributed by atoms with Gasteiger partial charge < -0.3 is 10.1 Å². The molecule has 0 unspecified atom stereocenters. The molecule has 2 N–H and O–H groups in total. The third kappa shape index (κ3) is 3.16. The average Bonchev–Trinajstić information content (AvgIpc) is 2.01. The lowest BCUT2D eigenvalue weighted by atomic mass is 10.3. The zero-order chi connectivity index (χ0) is 9.84. The molecule has 0 saturated carbocycles. The molecule has 1 heterocycles. The zero-order valence-electron chi connectivity index (χ0n) is 6.90. The summed E-state index contributed by atoms with van der Waals surface area (Å²) in [4.78, 5) is 17.1. The summed E-state index contributed by atoms with van der Waals surface area (Å²) in [5, 5.41) is 9.28. The van der Waals surface area contributed by atoms with Crippen molar-refractivity contribution in [2.24, 2.45) is 0 Å². The minimum Gasteiger partial charge on any atom is -0.481 e. The summed E-state index contributed by atoms with van der Waals surface area (Å²) in [6.07, 6.45) is 1.81. The molecule has 0 amide bonds. The number of nitrogens with one attached hydrogen (secondary N) is 1. The fourth-order valence-electron chi connectivity index (χ4n) is 0.846. The quantitative estimate of drug-likeness (QED) is 0.455. The minimum absolute atomic E-state index is 0.0558. The van der Waals surface area contributed by atoms with E-state index in [0.717, 1.165) is 5.03 Å². The molecule has 0 aliphatic rings. The number of thioether (sulfide) groups is 1. The zero-order valence-corrected chi connectivity index (χ0v) is 8.54. The Bertz CT molecular complexity index is 375. The first kappa shape index (κ1) is 10.2. The van der Waals surface area contributed by atoms with E-state index in [1.807, 2.05) is 6.26 Å². The first-order valence-electron chi connectivity index (χ1n) is 3.48. The minimum atomic E-state index is -0.885. The molecule has 0 bridgehead atoms. The second-order valence-electron chi connectivity index (χ2n) is 2.32. The van der Waals surface area contributed by atoms with Crippen molar-refractivity contribution in [2.45, 2.75) is 11.4 Å². The van der Waals surface area contributed by atoms with Gasteiger partial charge in [-0.3, -0.25) is 4.79 Å². The molecule has 0 aliphatic heterocycles. The molecular formula is C7H8N2O2S2. The van der Waals surface area contributed by atoms with Gasteiger partial charge in [-0.1, -0.05) is 0 Å². The van der Waals surface area contributed by atoms with Crippen molar-refractivity contribution in [3.63, 3.8) is 0 Å². The Morgan fingerprint density at radius 1 is 1.85 bits per heavy atom. The van der Waals surface area contributed by atoms with E-state index in [1.165, 1.54) is 11.8 Å². The lowest BCUT2D eigenvalue weighted by Crippen LogP contribution is -2.03. The third-order valence-corrected chi connectivity index (χ3v) is 2.15. The SMILES string of the molecule is CSc1cc(CC(=O)O)[nH]c(=S)n1. The number of hydrogen-bond donors (Lipinski definition) is 2. The molecule has 0 radical (unpaired) electrons. The summed E-state index contributed by atoms with van der Waals surface area (Å²) in [5.74, 6) is -0.885. The number of aromatic nitrogens is 2. The number of aromatic amines is 1. The van der Waals surface area contributed by atoms with Gasteiger partial charge in [0.25, 0.3) is 0 Å². The van der Waals surface area contributed by atoms with Gasteiger partial charge in [-0.15, -0.1) is 11.8 Å². The van der Waals surface area contributed by atoms with Crippen LogP contribution in [0.4, 0.5) is 0 Å². The number of aliphatic carboxylic acids is 1. The largest absolute Gasteiger partial charge is 0.481 e. The van der Waals surface area contributed by atoms with E-state index < -0.39 is 5.97 Å². The highest BCUT2D eigenvalue weighted by Crippen LogP contribution is 2.11. The first-order valence-corrected chi connectivity index (χ1v) is 5.11. The topological polar surface area (TPSA) is 66.0 Å². The number of carboxylic acid groups (broad SMARTS) is 1. The maximum Gasteiger partial charge on any atom is 0.309 e. The monoisotopic (exact) mass is 216 g/mol. The van der Waals surface area contributed by atoms with Gasteiger partial charge in [-0.05, 0) is 24.5 Å². The van der Waals surface area contributed by atoms with Crippen molar-refractivity contribution in [2.75, 3.05) is 6.26 Å². The van der Waals surface area contributed by atoms with Crippen molar-refractivity contribution in [1.29, 1.82) is 0 Å². The summed E-state index contributed by atoms with van der Waals surface area (Å²) in [7, 11) is 0. The van der Waals surface area contributed by atoms with Gasteiger partial charge in [0.05, 0.1) is 6.42 Å². The molecule has 6 heteroatoms. The van der Waals surface area contributed by atoms with Gasteiger partial charge in [-0.2, -0.15) is 0 Å². The van der Waals surface area contributed by atoms with Crippen LogP contribution in [0, 0.1) is 4.77 Å². The smallest absolute Gasteiger partial charge is 0.309 e.